The normalized spacial score (nSPS) is 10.7. The zero-order valence-corrected chi connectivity index (χ0v) is 9.88. The Labute approximate surface area is 97.9 Å². The predicted molar refractivity (Wildman–Crippen MR) is 63.3 cm³/mol. The number of hydrogen-bond donors (Lipinski definition) is 1. The van der Waals surface area contributed by atoms with E-state index >= 15 is 0 Å². The molecule has 0 spiro atoms. The van der Waals surface area contributed by atoms with Crippen molar-refractivity contribution in [1.82, 2.24) is 14.8 Å². The first-order chi connectivity index (χ1) is 7.63. The minimum absolute atomic E-state index is 0.0604. The van der Waals surface area contributed by atoms with Crippen molar-refractivity contribution in [3.63, 3.8) is 0 Å². The number of nitrogens with zero attached hydrogens (tertiary/aromatic N) is 2. The van der Waals surface area contributed by atoms with Crippen LogP contribution >= 0.6 is 11.6 Å². The number of aromatic nitrogens is 3. The molecular formula is C11H12ClN3O. The maximum Gasteiger partial charge on any atom is 0.276 e. The van der Waals surface area contributed by atoms with Crippen LogP contribution in [0.1, 0.15) is 18.2 Å². The van der Waals surface area contributed by atoms with Crippen molar-refractivity contribution in [1.29, 1.82) is 0 Å². The summed E-state index contributed by atoms with van der Waals surface area (Å²) in [7, 11) is 0. The number of pyridine rings is 1. The van der Waals surface area contributed by atoms with E-state index in [1.807, 2.05) is 13.8 Å². The van der Waals surface area contributed by atoms with Gasteiger partial charge in [-0.3, -0.25) is 9.89 Å². The van der Waals surface area contributed by atoms with Crippen molar-refractivity contribution >= 4 is 11.6 Å². The third kappa shape index (κ3) is 1.76. The van der Waals surface area contributed by atoms with Crippen LogP contribution in [0.25, 0.3) is 5.82 Å². The van der Waals surface area contributed by atoms with Crippen molar-refractivity contribution in [2.75, 3.05) is 0 Å². The fourth-order valence-corrected chi connectivity index (χ4v) is 1.84. The van der Waals surface area contributed by atoms with Crippen LogP contribution in [0.3, 0.4) is 0 Å². The largest absolute Gasteiger partial charge is 0.294 e. The van der Waals surface area contributed by atoms with Gasteiger partial charge in [0.2, 0.25) is 0 Å². The first-order valence-corrected chi connectivity index (χ1v) is 5.44. The van der Waals surface area contributed by atoms with Gasteiger partial charge in [0.15, 0.2) is 5.82 Å². The minimum Gasteiger partial charge on any atom is -0.294 e. The van der Waals surface area contributed by atoms with Gasteiger partial charge in [-0.05, 0) is 25.5 Å². The molecule has 5 heteroatoms. The lowest BCUT2D eigenvalue weighted by Gasteiger charge is -1.99. The molecule has 4 nitrogen and oxygen atoms in total. The van der Waals surface area contributed by atoms with E-state index < -0.39 is 0 Å². The predicted octanol–water partition coefficient (Wildman–Crippen LogP) is 2.08. The zero-order chi connectivity index (χ0) is 11.7. The highest BCUT2D eigenvalue weighted by molar-refractivity contribution is 6.29. The van der Waals surface area contributed by atoms with Crippen LogP contribution in [0.5, 0.6) is 0 Å². The topological polar surface area (TPSA) is 50.7 Å². The van der Waals surface area contributed by atoms with Crippen molar-refractivity contribution in [2.45, 2.75) is 20.3 Å². The van der Waals surface area contributed by atoms with Gasteiger partial charge in [-0.25, -0.2) is 9.67 Å². The number of aryl methyl sites for hydroxylation is 1. The maximum absolute atomic E-state index is 12.0. The van der Waals surface area contributed by atoms with E-state index in [0.29, 0.717) is 17.4 Å². The highest BCUT2D eigenvalue weighted by atomic mass is 35.5. The molecule has 0 aliphatic heterocycles. The summed E-state index contributed by atoms with van der Waals surface area (Å²) < 4.78 is 1.42. The summed E-state index contributed by atoms with van der Waals surface area (Å²) in [6.07, 6.45) is 0.703. The van der Waals surface area contributed by atoms with Gasteiger partial charge in [0.05, 0.1) is 0 Å². The molecule has 0 radical (unpaired) electrons. The van der Waals surface area contributed by atoms with Gasteiger partial charge in [-0.1, -0.05) is 24.6 Å². The van der Waals surface area contributed by atoms with Crippen LogP contribution in [0.15, 0.2) is 23.0 Å². The van der Waals surface area contributed by atoms with E-state index in [-0.39, 0.29) is 5.56 Å². The van der Waals surface area contributed by atoms with Gasteiger partial charge < -0.3 is 0 Å². The second kappa shape index (κ2) is 4.14. The Morgan fingerprint density at radius 2 is 2.25 bits per heavy atom. The van der Waals surface area contributed by atoms with Gasteiger partial charge in [0, 0.05) is 11.3 Å². The minimum atomic E-state index is -0.0604. The molecule has 0 aliphatic carbocycles. The smallest absolute Gasteiger partial charge is 0.276 e. The first kappa shape index (κ1) is 11.0. The number of rotatable bonds is 2. The quantitative estimate of drug-likeness (QED) is 0.813. The molecule has 16 heavy (non-hydrogen) atoms. The number of hydrogen-bond acceptors (Lipinski definition) is 2. The Kier molecular flexibility index (Phi) is 2.83. The molecule has 0 saturated carbocycles. The number of aromatic amines is 1. The van der Waals surface area contributed by atoms with Crippen molar-refractivity contribution in [3.05, 3.63) is 45.0 Å². The van der Waals surface area contributed by atoms with E-state index in [1.165, 1.54) is 4.68 Å². The van der Waals surface area contributed by atoms with Crippen LogP contribution in [0.2, 0.25) is 5.15 Å². The SMILES string of the molecule is CCc1c(C)[nH]n(-c2cccc(Cl)n2)c1=O. The molecule has 84 valence electrons. The highest BCUT2D eigenvalue weighted by Gasteiger charge is 2.11. The van der Waals surface area contributed by atoms with Crippen molar-refractivity contribution in [2.24, 2.45) is 0 Å². The first-order valence-electron chi connectivity index (χ1n) is 5.07. The fourth-order valence-electron chi connectivity index (χ4n) is 1.68. The van der Waals surface area contributed by atoms with Gasteiger partial charge in [-0.15, -0.1) is 0 Å². The van der Waals surface area contributed by atoms with Crippen LogP contribution < -0.4 is 5.56 Å². The summed E-state index contributed by atoms with van der Waals surface area (Å²) >= 11 is 5.79. The molecule has 2 aromatic rings. The lowest BCUT2D eigenvalue weighted by molar-refractivity contribution is 0.806. The number of nitrogens with one attached hydrogen (secondary N) is 1. The monoisotopic (exact) mass is 237 g/mol. The van der Waals surface area contributed by atoms with Crippen LogP contribution in [-0.4, -0.2) is 14.8 Å². The van der Waals surface area contributed by atoms with Gasteiger partial charge >= 0.3 is 0 Å². The third-order valence-electron chi connectivity index (χ3n) is 2.48. The fraction of sp³-hybridized carbons (Fsp3) is 0.273. The van der Waals surface area contributed by atoms with Gasteiger partial charge in [-0.2, -0.15) is 0 Å². The van der Waals surface area contributed by atoms with E-state index in [2.05, 4.69) is 10.1 Å². The van der Waals surface area contributed by atoms with E-state index in [4.69, 9.17) is 11.6 Å². The summed E-state index contributed by atoms with van der Waals surface area (Å²) in [5.74, 6) is 0.514. The summed E-state index contributed by atoms with van der Waals surface area (Å²) in [6.45, 7) is 3.83. The molecule has 0 fully saturated rings. The third-order valence-corrected chi connectivity index (χ3v) is 2.69. The summed E-state index contributed by atoms with van der Waals surface area (Å²) in [4.78, 5) is 16.1. The van der Waals surface area contributed by atoms with E-state index in [9.17, 15) is 4.79 Å². The lowest BCUT2D eigenvalue weighted by Crippen LogP contribution is -2.18. The van der Waals surface area contributed by atoms with E-state index in [1.54, 1.807) is 18.2 Å². The van der Waals surface area contributed by atoms with Gasteiger partial charge in [0.1, 0.15) is 5.15 Å². The Balaban J connectivity index is 2.61. The lowest BCUT2D eigenvalue weighted by atomic mass is 10.2. The molecular weight excluding hydrogens is 226 g/mol. The molecule has 2 heterocycles. The summed E-state index contributed by atoms with van der Waals surface area (Å²) in [6, 6.07) is 5.17. The molecule has 0 aliphatic rings. The summed E-state index contributed by atoms with van der Waals surface area (Å²) in [5, 5.41) is 3.36. The molecule has 0 unspecified atom stereocenters. The molecule has 2 aromatic heterocycles. The molecule has 2 rings (SSSR count). The Morgan fingerprint density at radius 1 is 1.50 bits per heavy atom. The molecule has 0 bridgehead atoms. The molecule has 0 saturated heterocycles. The zero-order valence-electron chi connectivity index (χ0n) is 9.12. The molecule has 0 aromatic carbocycles. The maximum atomic E-state index is 12.0. The van der Waals surface area contributed by atoms with Crippen LogP contribution in [-0.2, 0) is 6.42 Å². The van der Waals surface area contributed by atoms with Crippen molar-refractivity contribution < 1.29 is 0 Å². The Bertz CT molecular complexity index is 571. The van der Waals surface area contributed by atoms with Gasteiger partial charge in [0.25, 0.3) is 5.56 Å². The van der Waals surface area contributed by atoms with Crippen LogP contribution in [0.4, 0.5) is 0 Å². The average Bonchev–Trinajstić information content (AvgIpc) is 2.54. The number of H-pyrrole nitrogens is 1. The van der Waals surface area contributed by atoms with Crippen LogP contribution in [0, 0.1) is 6.92 Å². The Hall–Kier alpha value is -1.55. The highest BCUT2D eigenvalue weighted by Crippen LogP contribution is 2.09. The second-order valence-corrected chi connectivity index (χ2v) is 3.92. The molecule has 1 N–H and O–H groups in total. The standard InChI is InChI=1S/C11H12ClN3O/c1-3-8-7(2)14-15(11(8)16)10-6-4-5-9(12)13-10/h4-6,14H,3H2,1-2H3. The summed E-state index contributed by atoms with van der Waals surface area (Å²) in [5.41, 5.74) is 1.59. The Morgan fingerprint density at radius 3 is 2.81 bits per heavy atom. The molecule has 0 atom stereocenters. The average molecular weight is 238 g/mol. The van der Waals surface area contributed by atoms with E-state index in [0.717, 1.165) is 11.3 Å². The van der Waals surface area contributed by atoms with Crippen molar-refractivity contribution in [3.8, 4) is 5.82 Å². The number of halogens is 1. The second-order valence-electron chi connectivity index (χ2n) is 3.53. The molecule has 0 amide bonds.